The van der Waals surface area contributed by atoms with Crippen molar-refractivity contribution in [3.8, 4) is 0 Å². The van der Waals surface area contributed by atoms with Gasteiger partial charge in [-0.15, -0.1) is 0 Å². The zero-order valence-corrected chi connectivity index (χ0v) is 5.53. The number of alkyl halides is 1. The zero-order chi connectivity index (χ0) is 5.86. The lowest BCUT2D eigenvalue weighted by atomic mass is 10.7. The average molecular weight is 167 g/mol. The first-order valence-corrected chi connectivity index (χ1v) is 2.74. The van der Waals surface area contributed by atoms with E-state index in [2.05, 4.69) is 21.2 Å². The van der Waals surface area contributed by atoms with E-state index in [4.69, 9.17) is 5.73 Å². The van der Waals surface area contributed by atoms with Crippen LogP contribution in [-0.2, 0) is 0 Å². The van der Waals surface area contributed by atoms with Gasteiger partial charge in [-0.3, -0.25) is 0 Å². The third kappa shape index (κ3) is 5.75. The Morgan fingerprint density at radius 3 is 2.43 bits per heavy atom. The Labute approximate surface area is 50.4 Å². The highest BCUT2D eigenvalue weighted by molar-refractivity contribution is 9.09. The second-order valence-corrected chi connectivity index (χ2v) is 2.50. The maximum atomic E-state index is 9.89. The van der Waals surface area contributed by atoms with E-state index in [1.54, 1.807) is 6.92 Å². The molecule has 0 aromatic heterocycles. The predicted octanol–water partition coefficient (Wildman–Crippen LogP) is 0.396. The number of rotatable bonds is 1. The highest BCUT2D eigenvalue weighted by Gasteiger charge is 1.93. The Morgan fingerprint density at radius 2 is 2.43 bits per heavy atom. The van der Waals surface area contributed by atoms with Gasteiger partial charge >= 0.3 is 6.03 Å². The molecule has 0 fully saturated rings. The van der Waals surface area contributed by atoms with Crippen LogP contribution < -0.4 is 11.1 Å². The average Bonchev–Trinajstić information content (AvgIpc) is 1.27. The van der Waals surface area contributed by atoms with Crippen molar-refractivity contribution >= 4 is 22.0 Å². The van der Waals surface area contributed by atoms with Gasteiger partial charge in [-0.25, -0.2) is 4.79 Å². The van der Waals surface area contributed by atoms with Crippen LogP contribution in [-0.4, -0.2) is 11.0 Å². The molecule has 0 aliphatic rings. The molecule has 0 aliphatic carbocycles. The first-order valence-electron chi connectivity index (χ1n) is 1.83. The van der Waals surface area contributed by atoms with E-state index in [-0.39, 0.29) is 4.95 Å². The minimum absolute atomic E-state index is 0.0370. The normalized spacial score (nSPS) is 12.9. The largest absolute Gasteiger partial charge is 0.352 e. The van der Waals surface area contributed by atoms with Crippen molar-refractivity contribution in [2.45, 2.75) is 11.9 Å². The molecular weight excluding hydrogens is 160 g/mol. The molecule has 1 unspecified atom stereocenters. The molecule has 3 N–H and O–H groups in total. The number of nitrogens with one attached hydrogen (secondary N) is 1. The summed E-state index contributed by atoms with van der Waals surface area (Å²) in [5.41, 5.74) is 4.71. The third-order valence-electron chi connectivity index (χ3n) is 0.341. The first-order chi connectivity index (χ1) is 3.13. The number of halogens is 1. The summed E-state index contributed by atoms with van der Waals surface area (Å²) < 4.78 is 0. The summed E-state index contributed by atoms with van der Waals surface area (Å²) in [5.74, 6) is 0. The SMILES string of the molecule is CC(Br)NC(N)=O. The number of urea groups is 1. The third-order valence-corrected chi connectivity index (χ3v) is 0.570. The van der Waals surface area contributed by atoms with Crippen molar-refractivity contribution in [3.63, 3.8) is 0 Å². The molecule has 2 amide bonds. The van der Waals surface area contributed by atoms with E-state index in [1.807, 2.05) is 0 Å². The van der Waals surface area contributed by atoms with Gasteiger partial charge in [0.15, 0.2) is 0 Å². The fourth-order valence-electron chi connectivity index (χ4n) is 0.196. The summed E-state index contributed by atoms with van der Waals surface area (Å²) in [6.07, 6.45) is 0. The number of hydrogen-bond donors (Lipinski definition) is 2. The van der Waals surface area contributed by atoms with Crippen molar-refractivity contribution in [1.29, 1.82) is 0 Å². The molecule has 0 spiro atoms. The van der Waals surface area contributed by atoms with Crippen molar-refractivity contribution < 1.29 is 4.79 Å². The van der Waals surface area contributed by atoms with E-state index < -0.39 is 6.03 Å². The molecule has 7 heavy (non-hydrogen) atoms. The Morgan fingerprint density at radius 1 is 2.00 bits per heavy atom. The Balaban J connectivity index is 3.13. The standard InChI is InChI=1S/C3H7BrN2O/c1-2(4)6-3(5)7/h2H,1H3,(H3,5,6,7). The van der Waals surface area contributed by atoms with E-state index in [0.29, 0.717) is 0 Å². The molecule has 4 heteroatoms. The molecule has 0 aliphatic heterocycles. The molecule has 1 atom stereocenters. The Hall–Kier alpha value is -0.250. The summed E-state index contributed by atoms with van der Waals surface area (Å²) in [6, 6.07) is -0.510. The van der Waals surface area contributed by atoms with Gasteiger partial charge in [0, 0.05) is 0 Å². The summed E-state index contributed by atoms with van der Waals surface area (Å²) in [6.45, 7) is 1.77. The van der Waals surface area contributed by atoms with Gasteiger partial charge in [0.2, 0.25) is 0 Å². The van der Waals surface area contributed by atoms with E-state index in [9.17, 15) is 4.79 Å². The molecule has 0 radical (unpaired) electrons. The predicted molar refractivity (Wildman–Crippen MR) is 31.1 cm³/mol. The first kappa shape index (κ1) is 6.75. The highest BCUT2D eigenvalue weighted by Crippen LogP contribution is 1.88. The van der Waals surface area contributed by atoms with Gasteiger partial charge in [0.1, 0.15) is 0 Å². The van der Waals surface area contributed by atoms with Gasteiger partial charge in [0.05, 0.1) is 4.95 Å². The monoisotopic (exact) mass is 166 g/mol. The molecule has 42 valence electrons. The Bertz CT molecular complexity index is 73.3. The fourth-order valence-corrected chi connectivity index (χ4v) is 0.422. The summed E-state index contributed by atoms with van der Waals surface area (Å²) in [4.78, 5) is 9.85. The van der Waals surface area contributed by atoms with Crippen LogP contribution >= 0.6 is 15.9 Å². The van der Waals surface area contributed by atoms with Crippen molar-refractivity contribution in [2.75, 3.05) is 0 Å². The smallest absolute Gasteiger partial charge is 0.313 e. The lowest BCUT2D eigenvalue weighted by Crippen LogP contribution is -2.33. The highest BCUT2D eigenvalue weighted by atomic mass is 79.9. The van der Waals surface area contributed by atoms with Gasteiger partial charge in [-0.2, -0.15) is 0 Å². The van der Waals surface area contributed by atoms with Crippen LogP contribution in [0.2, 0.25) is 0 Å². The van der Waals surface area contributed by atoms with Crippen LogP contribution in [0.1, 0.15) is 6.92 Å². The number of amides is 2. The minimum Gasteiger partial charge on any atom is -0.352 e. The van der Waals surface area contributed by atoms with E-state index in [0.717, 1.165) is 0 Å². The van der Waals surface area contributed by atoms with Crippen molar-refractivity contribution in [2.24, 2.45) is 5.73 Å². The number of carbonyl (C=O) groups is 1. The number of carbonyl (C=O) groups excluding carboxylic acids is 1. The minimum atomic E-state index is -0.510. The van der Waals surface area contributed by atoms with Crippen LogP contribution in [0.3, 0.4) is 0 Å². The van der Waals surface area contributed by atoms with Crippen molar-refractivity contribution in [3.05, 3.63) is 0 Å². The lowest BCUT2D eigenvalue weighted by Gasteiger charge is -1.99. The second kappa shape index (κ2) is 2.85. The van der Waals surface area contributed by atoms with Crippen molar-refractivity contribution in [1.82, 2.24) is 5.32 Å². The number of primary amides is 1. The quantitative estimate of drug-likeness (QED) is 0.430. The van der Waals surface area contributed by atoms with Crippen LogP contribution in [0, 0.1) is 0 Å². The van der Waals surface area contributed by atoms with Crippen LogP contribution in [0.5, 0.6) is 0 Å². The maximum Gasteiger partial charge on any atom is 0.313 e. The fraction of sp³-hybridized carbons (Fsp3) is 0.667. The zero-order valence-electron chi connectivity index (χ0n) is 3.94. The molecule has 0 heterocycles. The second-order valence-electron chi connectivity index (χ2n) is 1.12. The summed E-state index contributed by atoms with van der Waals surface area (Å²) in [5, 5.41) is 2.36. The van der Waals surface area contributed by atoms with Gasteiger partial charge in [0.25, 0.3) is 0 Å². The molecule has 0 saturated carbocycles. The molecular formula is C3H7BrN2O. The van der Waals surface area contributed by atoms with Crippen LogP contribution in [0.4, 0.5) is 4.79 Å². The lowest BCUT2D eigenvalue weighted by molar-refractivity contribution is 0.249. The molecule has 0 rings (SSSR count). The summed E-state index contributed by atoms with van der Waals surface area (Å²) >= 11 is 3.06. The van der Waals surface area contributed by atoms with Crippen LogP contribution in [0.25, 0.3) is 0 Å². The van der Waals surface area contributed by atoms with Crippen LogP contribution in [0.15, 0.2) is 0 Å². The Kier molecular flexibility index (Phi) is 2.75. The van der Waals surface area contributed by atoms with Gasteiger partial charge in [-0.1, -0.05) is 15.9 Å². The number of hydrogen-bond acceptors (Lipinski definition) is 1. The maximum absolute atomic E-state index is 9.89. The molecule has 0 aromatic rings. The van der Waals surface area contributed by atoms with E-state index in [1.165, 1.54) is 0 Å². The van der Waals surface area contributed by atoms with Gasteiger partial charge < -0.3 is 11.1 Å². The molecule has 0 aromatic carbocycles. The summed E-state index contributed by atoms with van der Waals surface area (Å²) in [7, 11) is 0. The van der Waals surface area contributed by atoms with Gasteiger partial charge in [-0.05, 0) is 6.92 Å². The molecule has 0 saturated heterocycles. The topological polar surface area (TPSA) is 55.1 Å². The molecule has 0 bridgehead atoms. The number of nitrogens with two attached hydrogens (primary N) is 1. The molecule has 3 nitrogen and oxygen atoms in total. The van der Waals surface area contributed by atoms with E-state index >= 15 is 0 Å².